The van der Waals surface area contributed by atoms with Crippen molar-refractivity contribution in [3.05, 3.63) is 35.9 Å². The Morgan fingerprint density at radius 3 is 1.31 bits per heavy atom. The van der Waals surface area contributed by atoms with Crippen LogP contribution in [0, 0.1) is 5.92 Å². The Morgan fingerprint density at radius 2 is 1.00 bits per heavy atom. The highest BCUT2D eigenvalue weighted by Crippen LogP contribution is 2.14. The maximum atomic E-state index is 5.53. The lowest BCUT2D eigenvalue weighted by atomic mass is 10.0. The second-order valence-electron chi connectivity index (χ2n) is 8.89. The van der Waals surface area contributed by atoms with Gasteiger partial charge in [-0.05, 0) is 24.4 Å². The van der Waals surface area contributed by atoms with Gasteiger partial charge in [0.2, 0.25) is 0 Å². The van der Waals surface area contributed by atoms with Crippen LogP contribution in [0.2, 0.25) is 0 Å². The van der Waals surface area contributed by atoms with Crippen LogP contribution in [0.25, 0.3) is 0 Å². The van der Waals surface area contributed by atoms with Crippen LogP contribution in [0.4, 0.5) is 0 Å². The summed E-state index contributed by atoms with van der Waals surface area (Å²) < 4.78 is 0. The average Bonchev–Trinajstić information content (AvgIpc) is 2.74. The van der Waals surface area contributed by atoms with Crippen LogP contribution in [0.15, 0.2) is 30.3 Å². The van der Waals surface area contributed by atoms with Crippen molar-refractivity contribution in [3.8, 4) is 0 Å². The van der Waals surface area contributed by atoms with E-state index in [0.717, 1.165) is 12.5 Å². The number of halogens is 1. The van der Waals surface area contributed by atoms with Gasteiger partial charge in [0.15, 0.2) is 0 Å². The second-order valence-corrected chi connectivity index (χ2v) is 9.16. The standard InChI is InChI=1S/C20H43N.C7H7Cl/c1-20(2)18-16-14-12-10-8-6-4-3-5-7-9-11-13-15-17-19-21;8-6-7-4-2-1-3-5-7/h20H,3-19,21H2,1-2H3;1-5H,6H2. The van der Waals surface area contributed by atoms with Gasteiger partial charge in [0.25, 0.3) is 0 Å². The molecule has 0 aliphatic rings. The van der Waals surface area contributed by atoms with Crippen molar-refractivity contribution in [2.45, 2.75) is 122 Å². The third-order valence-electron chi connectivity index (χ3n) is 5.48. The van der Waals surface area contributed by atoms with E-state index in [2.05, 4.69) is 13.8 Å². The highest BCUT2D eigenvalue weighted by Gasteiger charge is 1.96. The molecule has 0 saturated carbocycles. The molecule has 0 unspecified atom stereocenters. The van der Waals surface area contributed by atoms with E-state index in [-0.39, 0.29) is 0 Å². The first kappa shape index (κ1) is 28.5. The van der Waals surface area contributed by atoms with E-state index in [9.17, 15) is 0 Å². The highest BCUT2D eigenvalue weighted by atomic mass is 35.5. The summed E-state index contributed by atoms with van der Waals surface area (Å²) in [6, 6.07) is 9.96. The van der Waals surface area contributed by atoms with Gasteiger partial charge in [-0.1, -0.05) is 140 Å². The maximum Gasteiger partial charge on any atom is 0.0474 e. The normalized spacial score (nSPS) is 10.8. The van der Waals surface area contributed by atoms with Crippen LogP contribution in [-0.2, 0) is 5.88 Å². The Hall–Kier alpha value is -0.530. The van der Waals surface area contributed by atoms with Crippen molar-refractivity contribution in [1.29, 1.82) is 0 Å². The van der Waals surface area contributed by atoms with Gasteiger partial charge in [-0.15, -0.1) is 11.6 Å². The SMILES string of the molecule is CC(C)CCCCCCCCCCCCCCCCCN.ClCc1ccccc1. The molecule has 0 heterocycles. The minimum absolute atomic E-state index is 0.612. The van der Waals surface area contributed by atoms with Crippen molar-refractivity contribution in [1.82, 2.24) is 0 Å². The van der Waals surface area contributed by atoms with Gasteiger partial charge in [-0.25, -0.2) is 0 Å². The van der Waals surface area contributed by atoms with Crippen LogP contribution in [0.5, 0.6) is 0 Å². The predicted molar refractivity (Wildman–Crippen MR) is 134 cm³/mol. The van der Waals surface area contributed by atoms with Crippen LogP contribution in [0.1, 0.15) is 122 Å². The van der Waals surface area contributed by atoms with E-state index in [1.165, 1.54) is 108 Å². The van der Waals surface area contributed by atoms with Crippen LogP contribution >= 0.6 is 11.6 Å². The molecule has 0 aliphatic carbocycles. The summed E-state index contributed by atoms with van der Waals surface area (Å²) >= 11 is 5.53. The minimum Gasteiger partial charge on any atom is -0.330 e. The summed E-state index contributed by atoms with van der Waals surface area (Å²) in [4.78, 5) is 0. The van der Waals surface area contributed by atoms with E-state index in [1.54, 1.807) is 0 Å². The average molecular weight is 424 g/mol. The van der Waals surface area contributed by atoms with Gasteiger partial charge in [-0.2, -0.15) is 0 Å². The number of nitrogens with two attached hydrogens (primary N) is 1. The molecule has 0 fully saturated rings. The monoisotopic (exact) mass is 423 g/mol. The summed E-state index contributed by atoms with van der Waals surface area (Å²) in [5, 5.41) is 0. The minimum atomic E-state index is 0.612. The van der Waals surface area contributed by atoms with Crippen molar-refractivity contribution in [3.63, 3.8) is 0 Å². The Morgan fingerprint density at radius 1 is 0.621 bits per heavy atom. The highest BCUT2D eigenvalue weighted by molar-refractivity contribution is 6.17. The molecule has 1 nitrogen and oxygen atoms in total. The number of rotatable bonds is 18. The molecular formula is C27H50ClN. The molecule has 0 spiro atoms. The Labute approximate surface area is 188 Å². The fraction of sp³-hybridized carbons (Fsp3) is 0.778. The first-order chi connectivity index (χ1) is 14.2. The summed E-state index contributed by atoms with van der Waals surface area (Å²) in [5.74, 6) is 1.51. The molecule has 0 aromatic heterocycles. The zero-order chi connectivity index (χ0) is 21.4. The van der Waals surface area contributed by atoms with Gasteiger partial charge in [0, 0.05) is 5.88 Å². The number of benzene rings is 1. The van der Waals surface area contributed by atoms with Crippen molar-refractivity contribution in [2.24, 2.45) is 11.7 Å². The summed E-state index contributed by atoms with van der Waals surface area (Å²) in [7, 11) is 0. The molecule has 0 aliphatic heterocycles. The first-order valence-electron chi connectivity index (χ1n) is 12.5. The molecular weight excluding hydrogens is 374 g/mol. The third kappa shape index (κ3) is 23.6. The van der Waals surface area contributed by atoms with Crippen molar-refractivity contribution in [2.75, 3.05) is 6.54 Å². The van der Waals surface area contributed by atoms with Crippen LogP contribution in [-0.4, -0.2) is 6.54 Å². The summed E-state index contributed by atoms with van der Waals surface area (Å²) in [5.41, 5.74) is 6.67. The molecule has 0 bridgehead atoms. The van der Waals surface area contributed by atoms with Crippen LogP contribution < -0.4 is 5.73 Å². The summed E-state index contributed by atoms with van der Waals surface area (Å²) in [6.45, 7) is 5.54. The van der Waals surface area contributed by atoms with E-state index in [0.29, 0.717) is 5.88 Å². The van der Waals surface area contributed by atoms with Gasteiger partial charge >= 0.3 is 0 Å². The molecule has 0 atom stereocenters. The number of hydrogen-bond acceptors (Lipinski definition) is 1. The topological polar surface area (TPSA) is 26.0 Å². The quantitative estimate of drug-likeness (QED) is 0.184. The fourth-order valence-electron chi connectivity index (χ4n) is 3.56. The molecule has 1 aromatic rings. The Kier molecular flexibility index (Phi) is 23.3. The molecule has 170 valence electrons. The van der Waals surface area contributed by atoms with Gasteiger partial charge in [0.05, 0.1) is 0 Å². The first-order valence-corrected chi connectivity index (χ1v) is 13.0. The Balaban J connectivity index is 0.000000807. The second kappa shape index (κ2) is 23.7. The number of unbranched alkanes of at least 4 members (excludes halogenated alkanes) is 14. The van der Waals surface area contributed by atoms with Crippen molar-refractivity contribution >= 4 is 11.6 Å². The lowest BCUT2D eigenvalue weighted by molar-refractivity contribution is 0.502. The maximum absolute atomic E-state index is 5.53. The zero-order valence-electron chi connectivity index (χ0n) is 19.6. The zero-order valence-corrected chi connectivity index (χ0v) is 20.4. The molecule has 0 saturated heterocycles. The molecule has 1 rings (SSSR count). The lowest BCUT2D eigenvalue weighted by Gasteiger charge is -2.05. The van der Waals surface area contributed by atoms with Gasteiger partial charge in [0.1, 0.15) is 0 Å². The van der Waals surface area contributed by atoms with Gasteiger partial charge in [-0.3, -0.25) is 0 Å². The van der Waals surface area contributed by atoms with E-state index < -0.39 is 0 Å². The molecule has 29 heavy (non-hydrogen) atoms. The van der Waals surface area contributed by atoms with Crippen molar-refractivity contribution < 1.29 is 0 Å². The molecule has 2 N–H and O–H groups in total. The molecule has 0 radical (unpaired) electrons. The largest absolute Gasteiger partial charge is 0.330 e. The number of hydrogen-bond donors (Lipinski definition) is 1. The smallest absolute Gasteiger partial charge is 0.0474 e. The number of alkyl halides is 1. The lowest BCUT2D eigenvalue weighted by Crippen LogP contribution is -1.97. The Bertz CT molecular complexity index is 404. The molecule has 2 heteroatoms. The van der Waals surface area contributed by atoms with E-state index >= 15 is 0 Å². The fourth-order valence-corrected chi connectivity index (χ4v) is 3.74. The van der Waals surface area contributed by atoms with Gasteiger partial charge < -0.3 is 5.73 Å². The third-order valence-corrected chi connectivity index (χ3v) is 5.79. The molecule has 0 amide bonds. The van der Waals surface area contributed by atoms with E-state index in [1.807, 2.05) is 30.3 Å². The predicted octanol–water partition coefficient (Wildman–Crippen LogP) is 9.27. The van der Waals surface area contributed by atoms with Crippen LogP contribution in [0.3, 0.4) is 0 Å². The van der Waals surface area contributed by atoms with E-state index in [4.69, 9.17) is 17.3 Å². The summed E-state index contributed by atoms with van der Waals surface area (Å²) in [6.07, 6.45) is 22.9. The molecule has 1 aromatic carbocycles.